The maximum atomic E-state index is 13.7. The van der Waals surface area contributed by atoms with E-state index in [0.717, 1.165) is 5.56 Å². The second-order valence-corrected chi connectivity index (χ2v) is 7.34. The Bertz CT molecular complexity index is 1170. The van der Waals surface area contributed by atoms with Crippen molar-refractivity contribution in [3.8, 4) is 28.5 Å². The molecule has 160 valence electrons. The van der Waals surface area contributed by atoms with Gasteiger partial charge in [0.05, 0.1) is 5.69 Å². The van der Waals surface area contributed by atoms with E-state index < -0.39 is 11.9 Å². The molecule has 4 rings (SSSR count). The predicted octanol–water partition coefficient (Wildman–Crippen LogP) is 5.16. The van der Waals surface area contributed by atoms with Gasteiger partial charge in [0.2, 0.25) is 17.5 Å². The van der Waals surface area contributed by atoms with E-state index >= 15 is 0 Å². The van der Waals surface area contributed by atoms with Crippen LogP contribution in [-0.2, 0) is 0 Å². The molecule has 0 spiro atoms. The highest BCUT2D eigenvalue weighted by Gasteiger charge is 2.21. The number of nitrogen functional groups attached to an aromatic ring is 1. The normalized spacial score (nSPS) is 12.3. The fraction of sp³-hybridized carbons (Fsp3) is 0.273. The van der Waals surface area contributed by atoms with Gasteiger partial charge in [-0.1, -0.05) is 31.1 Å². The summed E-state index contributed by atoms with van der Waals surface area (Å²) in [4.78, 5) is 8.75. The number of nitrogens with zero attached hydrogens (tertiary/aromatic N) is 4. The maximum Gasteiger partial charge on any atom is 0.268 e. The van der Waals surface area contributed by atoms with E-state index in [0.29, 0.717) is 35.3 Å². The van der Waals surface area contributed by atoms with Crippen LogP contribution in [0.15, 0.2) is 51.5 Å². The molecule has 0 bridgehead atoms. The number of anilines is 1. The lowest BCUT2D eigenvalue weighted by atomic mass is 10.2. The molecule has 1 atom stereocenters. The third-order valence-electron chi connectivity index (χ3n) is 4.67. The number of aromatic nitrogens is 4. The second-order valence-electron chi connectivity index (χ2n) is 7.34. The zero-order chi connectivity index (χ0) is 22.0. The van der Waals surface area contributed by atoms with Gasteiger partial charge < -0.3 is 19.5 Å². The lowest BCUT2D eigenvalue weighted by Gasteiger charge is -2.13. The molecule has 0 aliphatic rings. The molecular weight excluding hydrogens is 401 g/mol. The number of ether oxygens (including phenoxy) is 1. The number of rotatable bonds is 7. The van der Waals surface area contributed by atoms with E-state index in [2.05, 4.69) is 20.3 Å². The molecule has 2 N–H and O–H groups in total. The zero-order valence-corrected chi connectivity index (χ0v) is 17.4. The van der Waals surface area contributed by atoms with E-state index in [1.54, 1.807) is 6.07 Å². The van der Waals surface area contributed by atoms with Crippen LogP contribution in [0.3, 0.4) is 0 Å². The van der Waals surface area contributed by atoms with Gasteiger partial charge in [0.25, 0.3) is 5.89 Å². The van der Waals surface area contributed by atoms with E-state index in [9.17, 15) is 4.39 Å². The minimum absolute atomic E-state index is 0.0620. The summed E-state index contributed by atoms with van der Waals surface area (Å²) in [6.45, 7) is 5.93. The van der Waals surface area contributed by atoms with E-state index in [4.69, 9.17) is 19.5 Å². The van der Waals surface area contributed by atoms with Gasteiger partial charge >= 0.3 is 0 Å². The smallest absolute Gasteiger partial charge is 0.268 e. The Morgan fingerprint density at radius 2 is 1.55 bits per heavy atom. The minimum Gasteiger partial charge on any atom is -0.481 e. The molecule has 0 saturated carbocycles. The van der Waals surface area contributed by atoms with Gasteiger partial charge in [-0.2, -0.15) is 9.97 Å². The van der Waals surface area contributed by atoms with E-state index in [-0.39, 0.29) is 17.4 Å². The van der Waals surface area contributed by atoms with Crippen molar-refractivity contribution in [1.29, 1.82) is 0 Å². The van der Waals surface area contributed by atoms with Crippen molar-refractivity contribution >= 4 is 5.69 Å². The first-order valence-electron chi connectivity index (χ1n) is 9.94. The second kappa shape index (κ2) is 8.55. The Balaban J connectivity index is 1.49. The Morgan fingerprint density at radius 3 is 2.16 bits per heavy atom. The van der Waals surface area contributed by atoms with Crippen LogP contribution in [0.2, 0.25) is 0 Å². The summed E-state index contributed by atoms with van der Waals surface area (Å²) in [5.74, 6) is 1.95. The molecule has 0 unspecified atom stereocenters. The van der Waals surface area contributed by atoms with Crippen molar-refractivity contribution in [2.24, 2.45) is 0 Å². The molecule has 2 heterocycles. The van der Waals surface area contributed by atoms with Crippen molar-refractivity contribution in [3.63, 3.8) is 0 Å². The van der Waals surface area contributed by atoms with Crippen LogP contribution in [0.4, 0.5) is 10.1 Å². The zero-order valence-electron chi connectivity index (χ0n) is 17.4. The van der Waals surface area contributed by atoms with Crippen LogP contribution in [0, 0.1) is 5.82 Å². The monoisotopic (exact) mass is 423 g/mol. The van der Waals surface area contributed by atoms with Crippen LogP contribution in [0.5, 0.6) is 5.75 Å². The molecule has 2 aromatic carbocycles. The van der Waals surface area contributed by atoms with Gasteiger partial charge in [-0.3, -0.25) is 0 Å². The highest BCUT2D eigenvalue weighted by Crippen LogP contribution is 2.28. The van der Waals surface area contributed by atoms with Crippen LogP contribution in [0.25, 0.3) is 22.8 Å². The summed E-state index contributed by atoms with van der Waals surface area (Å²) in [7, 11) is 0. The molecule has 0 amide bonds. The standard InChI is InChI=1S/C22H22FN5O3/c1-4-18(22-26-20(28-31-22)14-7-10-17(24)16(23)11-14)29-15-8-5-13(6-9-15)19-25-21(12(2)3)30-27-19/h5-12,18H,4,24H2,1-3H3/t18-/m1/s1. The Morgan fingerprint density at radius 1 is 0.935 bits per heavy atom. The summed E-state index contributed by atoms with van der Waals surface area (Å²) in [6.07, 6.45) is 0.144. The van der Waals surface area contributed by atoms with Gasteiger partial charge in [0.1, 0.15) is 11.6 Å². The van der Waals surface area contributed by atoms with Crippen LogP contribution < -0.4 is 10.5 Å². The summed E-state index contributed by atoms with van der Waals surface area (Å²) in [5.41, 5.74) is 6.87. The van der Waals surface area contributed by atoms with Crippen molar-refractivity contribution in [3.05, 3.63) is 60.1 Å². The summed E-state index contributed by atoms with van der Waals surface area (Å²) >= 11 is 0. The first-order chi connectivity index (χ1) is 14.9. The molecule has 0 radical (unpaired) electrons. The third-order valence-corrected chi connectivity index (χ3v) is 4.67. The number of hydrogen-bond donors (Lipinski definition) is 1. The molecule has 31 heavy (non-hydrogen) atoms. The summed E-state index contributed by atoms with van der Waals surface area (Å²) in [6, 6.07) is 11.7. The maximum absolute atomic E-state index is 13.7. The van der Waals surface area contributed by atoms with Gasteiger partial charge in [0.15, 0.2) is 6.10 Å². The van der Waals surface area contributed by atoms with Crippen molar-refractivity contribution in [1.82, 2.24) is 20.3 Å². The van der Waals surface area contributed by atoms with Gasteiger partial charge in [-0.05, 0) is 48.9 Å². The van der Waals surface area contributed by atoms with Gasteiger partial charge in [-0.15, -0.1) is 0 Å². The minimum atomic E-state index is -0.533. The molecular formula is C22H22FN5O3. The molecule has 0 fully saturated rings. The quantitative estimate of drug-likeness (QED) is 0.406. The van der Waals surface area contributed by atoms with Crippen LogP contribution in [0.1, 0.15) is 51.0 Å². The van der Waals surface area contributed by atoms with E-state index in [1.807, 2.05) is 45.0 Å². The molecule has 0 aliphatic heterocycles. The number of nitrogens with two attached hydrogens (primary N) is 1. The summed E-state index contributed by atoms with van der Waals surface area (Å²) in [5, 5.41) is 7.95. The Labute approximate surface area is 178 Å². The van der Waals surface area contributed by atoms with Gasteiger partial charge in [0, 0.05) is 17.0 Å². The Kier molecular flexibility index (Phi) is 5.66. The van der Waals surface area contributed by atoms with Gasteiger partial charge in [-0.25, -0.2) is 4.39 Å². The topological polar surface area (TPSA) is 113 Å². The summed E-state index contributed by atoms with van der Waals surface area (Å²) < 4.78 is 30.4. The van der Waals surface area contributed by atoms with Crippen LogP contribution >= 0.6 is 0 Å². The SMILES string of the molecule is CC[C@@H](Oc1ccc(-c2noc(C(C)C)n2)cc1)c1nc(-c2ccc(N)c(F)c2)no1. The highest BCUT2D eigenvalue weighted by atomic mass is 19.1. The number of hydrogen-bond acceptors (Lipinski definition) is 8. The largest absolute Gasteiger partial charge is 0.481 e. The molecule has 9 heteroatoms. The first kappa shape index (κ1) is 20.5. The van der Waals surface area contributed by atoms with E-state index in [1.165, 1.54) is 12.1 Å². The highest BCUT2D eigenvalue weighted by molar-refractivity contribution is 5.59. The number of halogens is 1. The number of benzene rings is 2. The molecule has 0 saturated heterocycles. The average molecular weight is 423 g/mol. The Hall–Kier alpha value is -3.75. The lowest BCUT2D eigenvalue weighted by molar-refractivity contribution is 0.154. The first-order valence-corrected chi connectivity index (χ1v) is 9.94. The van der Waals surface area contributed by atoms with Crippen molar-refractivity contribution in [2.75, 3.05) is 5.73 Å². The third kappa shape index (κ3) is 4.40. The lowest BCUT2D eigenvalue weighted by Crippen LogP contribution is -2.07. The molecule has 4 aromatic rings. The van der Waals surface area contributed by atoms with Crippen molar-refractivity contribution < 1.29 is 18.2 Å². The molecule has 0 aliphatic carbocycles. The molecule has 2 aromatic heterocycles. The molecule has 8 nitrogen and oxygen atoms in total. The average Bonchev–Trinajstić information content (AvgIpc) is 3.45. The van der Waals surface area contributed by atoms with Crippen LogP contribution in [-0.4, -0.2) is 20.3 Å². The van der Waals surface area contributed by atoms with Crippen molar-refractivity contribution in [2.45, 2.75) is 39.2 Å². The fourth-order valence-corrected chi connectivity index (χ4v) is 2.89. The fourth-order valence-electron chi connectivity index (χ4n) is 2.89. The predicted molar refractivity (Wildman–Crippen MR) is 112 cm³/mol.